The molecule has 94 valence electrons. The third-order valence-electron chi connectivity index (χ3n) is 2.00. The van der Waals surface area contributed by atoms with Gasteiger partial charge in [0.2, 0.25) is 0 Å². The van der Waals surface area contributed by atoms with Gasteiger partial charge in [0, 0.05) is 16.7 Å². The lowest BCUT2D eigenvalue weighted by atomic mass is 10.1. The molecule has 0 saturated carbocycles. The van der Waals surface area contributed by atoms with Crippen molar-refractivity contribution in [1.29, 1.82) is 0 Å². The SMILES string of the molecule is [NH3+][C@@H](c1cc(Cl)cc([N+](=O)[O-])c1[O-])P(=O)([O-])[O-]. The summed E-state index contributed by atoms with van der Waals surface area (Å²) in [5, 5.41) is 21.8. The fourth-order valence-corrected chi connectivity index (χ4v) is 1.91. The second-order valence-electron chi connectivity index (χ2n) is 3.16. The van der Waals surface area contributed by atoms with E-state index in [4.69, 9.17) is 11.6 Å². The summed E-state index contributed by atoms with van der Waals surface area (Å²) in [6, 6.07) is 1.66. The first-order valence-corrected chi connectivity index (χ1v) is 6.13. The van der Waals surface area contributed by atoms with Gasteiger partial charge in [0.1, 0.15) is 5.78 Å². The van der Waals surface area contributed by atoms with Crippen LogP contribution in [0.2, 0.25) is 5.02 Å². The van der Waals surface area contributed by atoms with E-state index in [1.54, 1.807) is 0 Å². The van der Waals surface area contributed by atoms with Crippen LogP contribution in [0.3, 0.4) is 0 Å². The Morgan fingerprint density at radius 3 is 2.35 bits per heavy atom. The maximum atomic E-state index is 11.5. The van der Waals surface area contributed by atoms with Crippen molar-refractivity contribution in [2.45, 2.75) is 5.78 Å². The van der Waals surface area contributed by atoms with E-state index in [-0.39, 0.29) is 5.02 Å². The van der Waals surface area contributed by atoms with Gasteiger partial charge in [-0.25, -0.2) is 0 Å². The minimum absolute atomic E-state index is 0.214. The molecular formula is C7H6ClN2O6P-2. The maximum absolute atomic E-state index is 11.5. The molecule has 10 heteroatoms. The molecule has 0 aliphatic rings. The van der Waals surface area contributed by atoms with Crippen LogP contribution in [0.5, 0.6) is 5.75 Å². The van der Waals surface area contributed by atoms with E-state index in [0.717, 1.165) is 12.1 Å². The topological polar surface area (TPSA) is 157 Å². The highest BCUT2D eigenvalue weighted by molar-refractivity contribution is 7.48. The van der Waals surface area contributed by atoms with Crippen LogP contribution in [0.25, 0.3) is 0 Å². The number of nitro benzene ring substituents is 1. The molecule has 1 atom stereocenters. The first kappa shape index (κ1) is 13.9. The lowest BCUT2D eigenvalue weighted by molar-refractivity contribution is -0.438. The van der Waals surface area contributed by atoms with Gasteiger partial charge in [0.05, 0.1) is 4.92 Å². The molecule has 0 heterocycles. The molecule has 0 amide bonds. The smallest absolute Gasteiger partial charge is 0.263 e. The first-order chi connectivity index (χ1) is 7.64. The van der Waals surface area contributed by atoms with Crippen molar-refractivity contribution in [2.24, 2.45) is 0 Å². The van der Waals surface area contributed by atoms with Crippen LogP contribution in [-0.2, 0) is 4.57 Å². The van der Waals surface area contributed by atoms with Crippen molar-refractivity contribution in [2.75, 3.05) is 0 Å². The van der Waals surface area contributed by atoms with Gasteiger partial charge < -0.3 is 25.2 Å². The Hall–Kier alpha value is -1.18. The molecule has 0 saturated heterocycles. The zero-order chi connectivity index (χ0) is 13.4. The average molecular weight is 281 g/mol. The van der Waals surface area contributed by atoms with Gasteiger partial charge in [-0.05, 0) is 19.4 Å². The van der Waals surface area contributed by atoms with Crippen molar-refractivity contribution in [1.82, 2.24) is 0 Å². The van der Waals surface area contributed by atoms with Crippen molar-refractivity contribution < 1.29 is 30.1 Å². The van der Waals surface area contributed by atoms with Gasteiger partial charge in [0.25, 0.3) is 5.69 Å². The Kier molecular flexibility index (Phi) is 3.75. The van der Waals surface area contributed by atoms with Crippen molar-refractivity contribution in [3.8, 4) is 5.75 Å². The molecule has 0 aliphatic heterocycles. The number of nitro groups is 1. The van der Waals surface area contributed by atoms with Gasteiger partial charge in [-0.3, -0.25) is 10.1 Å². The summed E-state index contributed by atoms with van der Waals surface area (Å²) >= 11 is 5.50. The zero-order valence-electron chi connectivity index (χ0n) is 8.16. The van der Waals surface area contributed by atoms with E-state index in [0.29, 0.717) is 0 Å². The summed E-state index contributed by atoms with van der Waals surface area (Å²) in [6.07, 6.45) is 0. The Balaban J connectivity index is 3.45. The molecule has 1 aromatic carbocycles. The molecule has 0 unspecified atom stereocenters. The lowest BCUT2D eigenvalue weighted by Crippen LogP contribution is -2.56. The van der Waals surface area contributed by atoms with E-state index in [9.17, 15) is 29.6 Å². The van der Waals surface area contributed by atoms with E-state index >= 15 is 0 Å². The molecule has 17 heavy (non-hydrogen) atoms. The fraction of sp³-hybridized carbons (Fsp3) is 0.143. The normalized spacial score (nSPS) is 13.4. The minimum Gasteiger partial charge on any atom is -0.867 e. The van der Waals surface area contributed by atoms with Gasteiger partial charge in [-0.15, -0.1) is 0 Å². The van der Waals surface area contributed by atoms with Crippen LogP contribution in [0, 0.1) is 10.1 Å². The van der Waals surface area contributed by atoms with E-state index < -0.39 is 35.3 Å². The zero-order valence-corrected chi connectivity index (χ0v) is 9.81. The molecular weight excluding hydrogens is 275 g/mol. The Morgan fingerprint density at radius 1 is 1.41 bits per heavy atom. The summed E-state index contributed by atoms with van der Waals surface area (Å²) in [4.78, 5) is 31.0. The number of halogens is 1. The molecule has 8 nitrogen and oxygen atoms in total. The third kappa shape index (κ3) is 2.93. The Labute approximate surface area is 99.9 Å². The van der Waals surface area contributed by atoms with Crippen LogP contribution >= 0.6 is 19.2 Å². The predicted octanol–water partition coefficient (Wildman–Crippen LogP) is -1.52. The van der Waals surface area contributed by atoms with Crippen molar-refractivity contribution in [3.63, 3.8) is 0 Å². The molecule has 1 aromatic rings. The highest BCUT2D eigenvalue weighted by Crippen LogP contribution is 2.44. The predicted molar refractivity (Wildman–Crippen MR) is 50.8 cm³/mol. The molecule has 1 rings (SSSR count). The highest BCUT2D eigenvalue weighted by atomic mass is 35.5. The molecule has 3 N–H and O–H groups in total. The van der Waals surface area contributed by atoms with E-state index in [2.05, 4.69) is 5.73 Å². The third-order valence-corrected chi connectivity index (χ3v) is 3.26. The molecule has 0 radical (unpaired) electrons. The van der Waals surface area contributed by atoms with E-state index in [1.807, 2.05) is 0 Å². The van der Waals surface area contributed by atoms with Crippen LogP contribution in [0.4, 0.5) is 5.69 Å². The number of benzene rings is 1. The summed E-state index contributed by atoms with van der Waals surface area (Å²) in [5.41, 5.74) is 1.52. The number of quaternary nitrogens is 1. The van der Waals surface area contributed by atoms with Gasteiger partial charge >= 0.3 is 0 Å². The second kappa shape index (κ2) is 4.59. The average Bonchev–Trinajstić information content (AvgIpc) is 2.18. The second-order valence-corrected chi connectivity index (χ2v) is 5.30. The molecule has 0 aliphatic carbocycles. The Morgan fingerprint density at radius 2 is 1.94 bits per heavy atom. The standard InChI is InChI=1S/C7H8ClN2O6P/c8-3-1-4(7(9)17(14,15)16)6(11)5(2-3)10(12)13/h1-2,7,11H,9H2,(H2,14,15,16)/p-2/t7-/m1/s1. The monoisotopic (exact) mass is 280 g/mol. The van der Waals surface area contributed by atoms with Crippen molar-refractivity contribution >= 4 is 24.9 Å². The van der Waals surface area contributed by atoms with Crippen LogP contribution < -0.4 is 20.6 Å². The molecule has 0 spiro atoms. The van der Waals surface area contributed by atoms with Crippen LogP contribution in [-0.4, -0.2) is 4.92 Å². The van der Waals surface area contributed by atoms with Gasteiger partial charge in [0.15, 0.2) is 0 Å². The van der Waals surface area contributed by atoms with E-state index in [1.165, 1.54) is 0 Å². The van der Waals surface area contributed by atoms with Crippen molar-refractivity contribution in [3.05, 3.63) is 32.8 Å². The van der Waals surface area contributed by atoms with Crippen LogP contribution in [0.15, 0.2) is 12.1 Å². The summed E-state index contributed by atoms with van der Waals surface area (Å²) in [5.74, 6) is -3.08. The summed E-state index contributed by atoms with van der Waals surface area (Å²) in [7, 11) is -5.17. The maximum Gasteiger partial charge on any atom is 0.263 e. The summed E-state index contributed by atoms with van der Waals surface area (Å²) in [6.45, 7) is 0. The number of hydrogen-bond acceptors (Lipinski definition) is 6. The number of rotatable bonds is 3. The summed E-state index contributed by atoms with van der Waals surface area (Å²) < 4.78 is 10.7. The number of hydrogen-bond donors (Lipinski definition) is 1. The highest BCUT2D eigenvalue weighted by Gasteiger charge is 2.21. The van der Waals surface area contributed by atoms with Crippen LogP contribution in [0.1, 0.15) is 11.3 Å². The van der Waals surface area contributed by atoms with Gasteiger partial charge in [-0.1, -0.05) is 11.6 Å². The lowest BCUT2D eigenvalue weighted by Gasteiger charge is -2.34. The minimum atomic E-state index is -5.17. The molecule has 0 bridgehead atoms. The Bertz CT molecular complexity index is 515. The quantitative estimate of drug-likeness (QED) is 0.402. The molecule has 0 fully saturated rings. The number of nitrogens with zero attached hydrogens (tertiary/aromatic N) is 1. The largest absolute Gasteiger partial charge is 0.867 e. The first-order valence-electron chi connectivity index (χ1n) is 4.14. The fourth-order valence-electron chi connectivity index (χ4n) is 1.15. The van der Waals surface area contributed by atoms with Gasteiger partial charge in [-0.2, -0.15) is 0 Å². The molecule has 0 aromatic heterocycles.